The van der Waals surface area contributed by atoms with Crippen LogP contribution in [0.3, 0.4) is 0 Å². The summed E-state index contributed by atoms with van der Waals surface area (Å²) in [5, 5.41) is 36.3. The average molecular weight is 366 g/mol. The third kappa shape index (κ3) is 3.32. The Morgan fingerprint density at radius 2 is 1.77 bits per heavy atom. The van der Waals surface area contributed by atoms with Gasteiger partial charge in [-0.15, -0.1) is 0 Å². The van der Waals surface area contributed by atoms with E-state index in [1.54, 1.807) is 26.8 Å². The lowest BCUT2D eigenvalue weighted by atomic mass is 9.68. The highest BCUT2D eigenvalue weighted by Gasteiger charge is 2.54. The van der Waals surface area contributed by atoms with E-state index in [0.717, 1.165) is 0 Å². The van der Waals surface area contributed by atoms with Crippen LogP contribution in [0.1, 0.15) is 34.1 Å². The molecule has 6 atom stereocenters. The lowest BCUT2D eigenvalue weighted by Crippen LogP contribution is -2.71. The molecule has 1 heterocycles. The molecular formula is C18H26N2O6. The molecule has 8 heteroatoms. The van der Waals surface area contributed by atoms with Crippen molar-refractivity contribution < 1.29 is 29.7 Å². The molecule has 1 saturated carbocycles. The van der Waals surface area contributed by atoms with Gasteiger partial charge in [-0.1, -0.05) is 13.0 Å². The van der Waals surface area contributed by atoms with E-state index < -0.39 is 53.9 Å². The minimum Gasteiger partial charge on any atom is -0.388 e. The smallest absolute Gasteiger partial charge is 0.255 e. The summed E-state index contributed by atoms with van der Waals surface area (Å²) in [6.07, 6.45) is -2.50. The number of rotatable bonds is 4. The van der Waals surface area contributed by atoms with Crippen molar-refractivity contribution in [1.82, 2.24) is 10.6 Å². The molecule has 2 aliphatic rings. The fraction of sp³-hybridized carbons (Fsp3) is 0.611. The number of ketones is 1. The predicted octanol–water partition coefficient (Wildman–Crippen LogP) is -1.06. The number of amides is 2. The zero-order valence-electron chi connectivity index (χ0n) is 15.3. The number of aliphatic hydroxyl groups is 3. The second kappa shape index (κ2) is 7.69. The predicted molar refractivity (Wildman–Crippen MR) is 92.8 cm³/mol. The first-order valence-electron chi connectivity index (χ1n) is 8.68. The van der Waals surface area contributed by atoms with Crippen LogP contribution >= 0.6 is 0 Å². The molecule has 0 aromatic heterocycles. The van der Waals surface area contributed by atoms with Crippen molar-refractivity contribution in [2.24, 2.45) is 5.92 Å². The van der Waals surface area contributed by atoms with E-state index in [2.05, 4.69) is 10.6 Å². The van der Waals surface area contributed by atoms with Gasteiger partial charge in [0.1, 0.15) is 18.3 Å². The van der Waals surface area contributed by atoms with Crippen LogP contribution in [0.2, 0.25) is 0 Å². The lowest BCUT2D eigenvalue weighted by molar-refractivity contribution is -0.144. The fourth-order valence-electron chi connectivity index (χ4n) is 3.79. The second-order valence-corrected chi connectivity index (χ2v) is 6.78. The highest BCUT2D eigenvalue weighted by molar-refractivity contribution is 6.19. The fourth-order valence-corrected chi connectivity index (χ4v) is 3.79. The number of Topliss-reactive ketones (excluding diaryl/α,β-unsaturated/α-hetero) is 1. The highest BCUT2D eigenvalue weighted by Crippen LogP contribution is 2.37. The first-order valence-corrected chi connectivity index (χ1v) is 8.68. The van der Waals surface area contributed by atoms with Gasteiger partial charge in [-0.05, 0) is 32.8 Å². The summed E-state index contributed by atoms with van der Waals surface area (Å²) in [6, 6.07) is -1.89. The molecule has 1 aliphatic carbocycles. The van der Waals surface area contributed by atoms with Crippen LogP contribution in [0.5, 0.6) is 0 Å². The van der Waals surface area contributed by atoms with E-state index in [1.807, 2.05) is 0 Å². The minimum atomic E-state index is -1.55. The first kappa shape index (κ1) is 20.3. The number of fused-ring (bicyclic) bond motifs is 1. The Balaban J connectivity index is 2.56. The second-order valence-electron chi connectivity index (χ2n) is 6.78. The van der Waals surface area contributed by atoms with Crippen molar-refractivity contribution >= 4 is 17.6 Å². The molecule has 5 N–H and O–H groups in total. The maximum atomic E-state index is 12.3. The van der Waals surface area contributed by atoms with Crippen molar-refractivity contribution in [3.05, 3.63) is 22.8 Å². The monoisotopic (exact) mass is 366 g/mol. The van der Waals surface area contributed by atoms with E-state index in [-0.39, 0.29) is 5.57 Å². The van der Waals surface area contributed by atoms with Crippen LogP contribution in [0.25, 0.3) is 0 Å². The summed E-state index contributed by atoms with van der Waals surface area (Å²) >= 11 is 0. The third-order valence-electron chi connectivity index (χ3n) is 5.28. The molecule has 8 nitrogen and oxygen atoms in total. The highest BCUT2D eigenvalue weighted by atomic mass is 16.4. The molecule has 6 unspecified atom stereocenters. The Morgan fingerprint density at radius 3 is 2.27 bits per heavy atom. The average Bonchev–Trinajstić information content (AvgIpc) is 2.61. The zero-order chi connectivity index (χ0) is 19.8. The van der Waals surface area contributed by atoms with Gasteiger partial charge < -0.3 is 26.0 Å². The van der Waals surface area contributed by atoms with E-state index >= 15 is 0 Å². The van der Waals surface area contributed by atoms with Gasteiger partial charge in [0.25, 0.3) is 5.91 Å². The topological polar surface area (TPSA) is 136 Å². The van der Waals surface area contributed by atoms with Crippen LogP contribution in [0, 0.1) is 5.92 Å². The summed E-state index contributed by atoms with van der Waals surface area (Å²) in [4.78, 5) is 36.6. The molecule has 2 amide bonds. The Bertz CT molecular complexity index is 683. The van der Waals surface area contributed by atoms with Crippen LogP contribution < -0.4 is 10.6 Å². The summed E-state index contributed by atoms with van der Waals surface area (Å²) in [5.74, 6) is -2.19. The van der Waals surface area contributed by atoms with Gasteiger partial charge in [0.05, 0.1) is 17.7 Å². The van der Waals surface area contributed by atoms with Gasteiger partial charge in [-0.25, -0.2) is 0 Å². The van der Waals surface area contributed by atoms with Gasteiger partial charge in [0.15, 0.2) is 5.78 Å². The third-order valence-corrected chi connectivity index (χ3v) is 5.28. The summed E-state index contributed by atoms with van der Waals surface area (Å²) in [5.41, 5.74) is 0.856. The van der Waals surface area contributed by atoms with Crippen molar-refractivity contribution in [3.8, 4) is 0 Å². The first-order chi connectivity index (χ1) is 12.1. The van der Waals surface area contributed by atoms with Crippen molar-refractivity contribution in [3.63, 3.8) is 0 Å². The molecule has 0 bridgehead atoms. The quantitative estimate of drug-likeness (QED) is 0.318. The maximum Gasteiger partial charge on any atom is 0.255 e. The molecule has 144 valence electrons. The molecule has 26 heavy (non-hydrogen) atoms. The number of hydrogen-bond acceptors (Lipinski definition) is 6. The molecule has 0 radical (unpaired) electrons. The maximum absolute atomic E-state index is 12.3. The van der Waals surface area contributed by atoms with Gasteiger partial charge in [-0.3, -0.25) is 14.4 Å². The molecule has 1 aliphatic heterocycles. The van der Waals surface area contributed by atoms with E-state index in [1.165, 1.54) is 6.92 Å². The number of carbonyl (C=O) groups is 3. The summed E-state index contributed by atoms with van der Waals surface area (Å²) in [7, 11) is 0. The van der Waals surface area contributed by atoms with Crippen LogP contribution in [0.15, 0.2) is 22.8 Å². The largest absolute Gasteiger partial charge is 0.388 e. The number of hydrogen-bond donors (Lipinski definition) is 5. The number of carbonyl (C=O) groups excluding carboxylic acids is 3. The zero-order valence-corrected chi connectivity index (χ0v) is 15.3. The Morgan fingerprint density at radius 1 is 1.15 bits per heavy atom. The molecule has 1 fully saturated rings. The summed E-state index contributed by atoms with van der Waals surface area (Å²) < 4.78 is 0. The molecule has 0 saturated heterocycles. The summed E-state index contributed by atoms with van der Waals surface area (Å²) in [6.45, 7) is 6.33. The Kier molecular flexibility index (Phi) is 6.00. The standard InChI is InChI=1S/C18H26N2O6/c1-5-7(3)17(25)19-12-11-9(6-2)10(8(4)21)18(26)20-13(11)15(23)16(24)14(12)22/h5,11-16,22-24H,6H2,1-4H3,(H,19,25)(H,20,26). The van der Waals surface area contributed by atoms with Gasteiger partial charge >= 0.3 is 0 Å². The van der Waals surface area contributed by atoms with Crippen LogP contribution in [-0.2, 0) is 14.4 Å². The Hall–Kier alpha value is -2.03. The van der Waals surface area contributed by atoms with Gasteiger partial charge in [0, 0.05) is 11.5 Å². The van der Waals surface area contributed by atoms with E-state index in [9.17, 15) is 29.7 Å². The number of aliphatic hydroxyl groups excluding tert-OH is 3. The molecule has 0 aromatic carbocycles. The van der Waals surface area contributed by atoms with Gasteiger partial charge in [-0.2, -0.15) is 0 Å². The molecule has 0 aromatic rings. The molecule has 0 spiro atoms. The SMILES string of the molecule is CC=C(C)C(=O)NC1C(O)C(O)C(O)C2NC(=O)C(C(C)=O)=C(CC)C12. The molecular weight excluding hydrogens is 340 g/mol. The Labute approximate surface area is 152 Å². The molecule has 2 rings (SSSR count). The van der Waals surface area contributed by atoms with E-state index in [0.29, 0.717) is 17.6 Å². The minimum absolute atomic E-state index is 0.0217. The lowest BCUT2D eigenvalue weighted by Gasteiger charge is -2.49. The van der Waals surface area contributed by atoms with Crippen molar-refractivity contribution in [2.75, 3.05) is 0 Å². The number of allylic oxidation sites excluding steroid dienone is 1. The van der Waals surface area contributed by atoms with Crippen molar-refractivity contribution in [1.29, 1.82) is 0 Å². The van der Waals surface area contributed by atoms with Crippen LogP contribution in [-0.4, -0.2) is 63.3 Å². The normalized spacial score (nSPS) is 34.9. The van der Waals surface area contributed by atoms with Gasteiger partial charge in [0.2, 0.25) is 5.91 Å². The van der Waals surface area contributed by atoms with Crippen molar-refractivity contribution in [2.45, 2.75) is 64.5 Å². The number of nitrogens with one attached hydrogen (secondary N) is 2. The van der Waals surface area contributed by atoms with Crippen LogP contribution in [0.4, 0.5) is 0 Å². The van der Waals surface area contributed by atoms with E-state index in [4.69, 9.17) is 0 Å².